The summed E-state index contributed by atoms with van der Waals surface area (Å²) in [6, 6.07) is 1.56. The predicted octanol–water partition coefficient (Wildman–Crippen LogP) is 1.27. The quantitative estimate of drug-likeness (QED) is 0.772. The van der Waals surface area contributed by atoms with Crippen LogP contribution in [-0.2, 0) is 4.74 Å². The van der Waals surface area contributed by atoms with E-state index in [4.69, 9.17) is 4.74 Å². The molecule has 3 rings (SSSR count). The molecule has 3 unspecified atom stereocenters. The van der Waals surface area contributed by atoms with E-state index in [0.29, 0.717) is 6.10 Å². The molecular formula is C16H31N3O. The SMILES string of the molecule is CCC1CN2CCCC2CN1CC1CN(CC)CCO1. The summed E-state index contributed by atoms with van der Waals surface area (Å²) in [7, 11) is 0. The summed E-state index contributed by atoms with van der Waals surface area (Å²) in [5, 5.41) is 0. The van der Waals surface area contributed by atoms with E-state index in [0.717, 1.165) is 44.9 Å². The van der Waals surface area contributed by atoms with Crippen molar-refractivity contribution in [2.24, 2.45) is 0 Å². The second-order valence-corrected chi connectivity index (χ2v) is 6.69. The molecule has 3 aliphatic heterocycles. The van der Waals surface area contributed by atoms with E-state index in [9.17, 15) is 0 Å². The number of rotatable bonds is 4. The highest BCUT2D eigenvalue weighted by molar-refractivity contribution is 4.93. The maximum atomic E-state index is 6.02. The first-order valence-electron chi connectivity index (χ1n) is 8.62. The van der Waals surface area contributed by atoms with Crippen molar-refractivity contribution in [1.29, 1.82) is 0 Å². The Morgan fingerprint density at radius 1 is 1.10 bits per heavy atom. The first-order chi connectivity index (χ1) is 9.80. The van der Waals surface area contributed by atoms with Gasteiger partial charge in [-0.05, 0) is 32.4 Å². The normalized spacial score (nSPS) is 37.2. The Morgan fingerprint density at radius 2 is 2.00 bits per heavy atom. The minimum Gasteiger partial charge on any atom is -0.374 e. The van der Waals surface area contributed by atoms with Gasteiger partial charge in [-0.2, -0.15) is 0 Å². The zero-order chi connectivity index (χ0) is 13.9. The molecule has 3 atom stereocenters. The van der Waals surface area contributed by atoms with E-state index < -0.39 is 0 Å². The molecule has 4 heteroatoms. The van der Waals surface area contributed by atoms with Crippen molar-refractivity contribution in [2.45, 2.75) is 51.3 Å². The van der Waals surface area contributed by atoms with Gasteiger partial charge in [-0.1, -0.05) is 13.8 Å². The molecule has 0 amide bonds. The van der Waals surface area contributed by atoms with Crippen molar-refractivity contribution in [3.05, 3.63) is 0 Å². The summed E-state index contributed by atoms with van der Waals surface area (Å²) in [6.07, 6.45) is 4.50. The Labute approximate surface area is 124 Å². The lowest BCUT2D eigenvalue weighted by Crippen LogP contribution is -2.59. The van der Waals surface area contributed by atoms with Gasteiger partial charge in [0.15, 0.2) is 0 Å². The standard InChI is InChI=1S/C16H31N3O/c1-3-14-10-18-7-5-6-15(18)11-19(14)13-16-12-17(4-2)8-9-20-16/h14-16H,3-13H2,1-2H3. The molecule has 0 saturated carbocycles. The Bertz CT molecular complexity index is 312. The number of hydrogen-bond acceptors (Lipinski definition) is 4. The predicted molar refractivity (Wildman–Crippen MR) is 82.1 cm³/mol. The van der Waals surface area contributed by atoms with Crippen molar-refractivity contribution in [3.8, 4) is 0 Å². The number of nitrogens with zero attached hydrogens (tertiary/aromatic N) is 3. The van der Waals surface area contributed by atoms with E-state index >= 15 is 0 Å². The van der Waals surface area contributed by atoms with Crippen molar-refractivity contribution in [2.75, 3.05) is 52.4 Å². The number of morpholine rings is 1. The lowest BCUT2D eigenvalue weighted by atomic mass is 10.0. The van der Waals surface area contributed by atoms with Crippen LogP contribution in [0.1, 0.15) is 33.1 Å². The average molecular weight is 281 g/mol. The Kier molecular flexibility index (Phi) is 4.97. The van der Waals surface area contributed by atoms with Gasteiger partial charge in [0.2, 0.25) is 0 Å². The average Bonchev–Trinajstić information content (AvgIpc) is 2.93. The third-order valence-corrected chi connectivity index (χ3v) is 5.49. The zero-order valence-corrected chi connectivity index (χ0v) is 13.3. The van der Waals surface area contributed by atoms with Crippen LogP contribution in [0.2, 0.25) is 0 Å². The second-order valence-electron chi connectivity index (χ2n) is 6.69. The monoisotopic (exact) mass is 281 g/mol. The van der Waals surface area contributed by atoms with E-state index in [1.54, 1.807) is 0 Å². The highest BCUT2D eigenvalue weighted by atomic mass is 16.5. The van der Waals surface area contributed by atoms with Crippen molar-refractivity contribution >= 4 is 0 Å². The molecule has 0 aromatic rings. The van der Waals surface area contributed by atoms with Crippen LogP contribution in [0, 0.1) is 0 Å². The number of hydrogen-bond donors (Lipinski definition) is 0. The number of piperazine rings is 1. The lowest BCUT2D eigenvalue weighted by molar-refractivity contribution is -0.0603. The van der Waals surface area contributed by atoms with Crippen molar-refractivity contribution in [3.63, 3.8) is 0 Å². The maximum absolute atomic E-state index is 6.02. The molecule has 116 valence electrons. The first-order valence-corrected chi connectivity index (χ1v) is 8.62. The number of ether oxygens (including phenoxy) is 1. The van der Waals surface area contributed by atoms with Gasteiger partial charge in [0.05, 0.1) is 12.7 Å². The largest absolute Gasteiger partial charge is 0.374 e. The minimum atomic E-state index is 0.422. The van der Waals surface area contributed by atoms with Crippen molar-refractivity contribution < 1.29 is 4.74 Å². The first kappa shape index (κ1) is 14.8. The molecule has 4 nitrogen and oxygen atoms in total. The molecule has 3 saturated heterocycles. The minimum absolute atomic E-state index is 0.422. The second kappa shape index (κ2) is 6.73. The fourth-order valence-electron chi connectivity index (χ4n) is 4.20. The highest BCUT2D eigenvalue weighted by Gasteiger charge is 2.36. The van der Waals surface area contributed by atoms with E-state index in [2.05, 4.69) is 28.5 Å². The van der Waals surface area contributed by atoms with Crippen molar-refractivity contribution in [1.82, 2.24) is 14.7 Å². The molecule has 0 aliphatic carbocycles. The smallest absolute Gasteiger partial charge is 0.0829 e. The molecular weight excluding hydrogens is 250 g/mol. The summed E-state index contributed by atoms with van der Waals surface area (Å²) in [5.41, 5.74) is 0. The van der Waals surface area contributed by atoms with E-state index in [-0.39, 0.29) is 0 Å². The van der Waals surface area contributed by atoms with Gasteiger partial charge in [0.25, 0.3) is 0 Å². The fraction of sp³-hybridized carbons (Fsp3) is 1.00. The van der Waals surface area contributed by atoms with Crippen LogP contribution < -0.4 is 0 Å². The molecule has 3 aliphatic rings. The summed E-state index contributed by atoms with van der Waals surface area (Å²) in [5.74, 6) is 0. The van der Waals surface area contributed by atoms with Gasteiger partial charge in [-0.25, -0.2) is 0 Å². The Balaban J connectivity index is 1.57. The molecule has 3 heterocycles. The van der Waals surface area contributed by atoms with Gasteiger partial charge in [0, 0.05) is 44.8 Å². The summed E-state index contributed by atoms with van der Waals surface area (Å²) < 4.78 is 6.02. The van der Waals surface area contributed by atoms with Crippen LogP contribution in [-0.4, -0.2) is 85.3 Å². The Hall–Kier alpha value is -0.160. The van der Waals surface area contributed by atoms with Gasteiger partial charge >= 0.3 is 0 Å². The third kappa shape index (κ3) is 3.19. The molecule has 0 N–H and O–H groups in total. The topological polar surface area (TPSA) is 19.0 Å². The van der Waals surface area contributed by atoms with Crippen LogP contribution in [0.25, 0.3) is 0 Å². The number of likely N-dealkylation sites (N-methyl/N-ethyl adjacent to an activating group) is 1. The van der Waals surface area contributed by atoms with Crippen LogP contribution in [0.4, 0.5) is 0 Å². The molecule has 20 heavy (non-hydrogen) atoms. The molecule has 0 radical (unpaired) electrons. The third-order valence-electron chi connectivity index (χ3n) is 5.49. The van der Waals surface area contributed by atoms with Gasteiger partial charge in [-0.3, -0.25) is 14.7 Å². The van der Waals surface area contributed by atoms with E-state index in [1.165, 1.54) is 38.9 Å². The van der Waals surface area contributed by atoms with Gasteiger partial charge in [-0.15, -0.1) is 0 Å². The fourth-order valence-corrected chi connectivity index (χ4v) is 4.20. The van der Waals surface area contributed by atoms with Crippen LogP contribution in [0.5, 0.6) is 0 Å². The summed E-state index contributed by atoms with van der Waals surface area (Å²) in [6.45, 7) is 13.9. The van der Waals surface area contributed by atoms with E-state index in [1.807, 2.05) is 0 Å². The lowest BCUT2D eigenvalue weighted by Gasteiger charge is -2.45. The molecule has 0 spiro atoms. The summed E-state index contributed by atoms with van der Waals surface area (Å²) in [4.78, 5) is 7.99. The van der Waals surface area contributed by atoms with Crippen LogP contribution >= 0.6 is 0 Å². The molecule has 3 fully saturated rings. The maximum Gasteiger partial charge on any atom is 0.0829 e. The van der Waals surface area contributed by atoms with Gasteiger partial charge in [0.1, 0.15) is 0 Å². The van der Waals surface area contributed by atoms with Crippen LogP contribution in [0.3, 0.4) is 0 Å². The highest BCUT2D eigenvalue weighted by Crippen LogP contribution is 2.26. The van der Waals surface area contributed by atoms with Crippen LogP contribution in [0.15, 0.2) is 0 Å². The molecule has 0 bridgehead atoms. The van der Waals surface area contributed by atoms with Gasteiger partial charge < -0.3 is 4.74 Å². The molecule has 0 aromatic carbocycles. The summed E-state index contributed by atoms with van der Waals surface area (Å²) >= 11 is 0. The number of fused-ring (bicyclic) bond motifs is 1. The Morgan fingerprint density at radius 3 is 2.80 bits per heavy atom. The zero-order valence-electron chi connectivity index (χ0n) is 13.3. The molecule has 0 aromatic heterocycles.